The molecular formula is C17H30BrN3. The van der Waals surface area contributed by atoms with Gasteiger partial charge in [-0.05, 0) is 30.2 Å². The summed E-state index contributed by atoms with van der Waals surface area (Å²) in [6.07, 6.45) is 5.01. The summed E-state index contributed by atoms with van der Waals surface area (Å²) in [5, 5.41) is 3.30. The lowest BCUT2D eigenvalue weighted by atomic mass is 10.2. The summed E-state index contributed by atoms with van der Waals surface area (Å²) in [5.74, 6) is 0. The molecule has 3 nitrogen and oxygen atoms in total. The minimum atomic E-state index is 0.733. The van der Waals surface area contributed by atoms with Crippen molar-refractivity contribution < 1.29 is 0 Å². The third kappa shape index (κ3) is 10.1. The molecule has 0 fully saturated rings. The van der Waals surface area contributed by atoms with Crippen LogP contribution in [0.15, 0.2) is 39.3 Å². The second-order valence-corrected chi connectivity index (χ2v) is 4.58. The molecule has 0 spiro atoms. The van der Waals surface area contributed by atoms with Crippen molar-refractivity contribution in [2.45, 2.75) is 41.0 Å². The number of nitrogens with two attached hydrogens (primary N) is 1. The first-order chi connectivity index (χ1) is 10.2. The van der Waals surface area contributed by atoms with Gasteiger partial charge in [0.1, 0.15) is 0 Å². The van der Waals surface area contributed by atoms with E-state index >= 15 is 0 Å². The van der Waals surface area contributed by atoms with Crippen molar-refractivity contribution in [3.63, 3.8) is 0 Å². The Hall–Kier alpha value is -1.29. The molecule has 1 aromatic carbocycles. The Balaban J connectivity index is 0. The third-order valence-electron chi connectivity index (χ3n) is 2.26. The number of nitrogens with one attached hydrogen (secondary N) is 1. The van der Waals surface area contributed by atoms with E-state index < -0.39 is 0 Å². The van der Waals surface area contributed by atoms with Crippen LogP contribution in [-0.2, 0) is 0 Å². The van der Waals surface area contributed by atoms with E-state index in [0.717, 1.165) is 34.4 Å². The summed E-state index contributed by atoms with van der Waals surface area (Å²) in [7, 11) is 1.78. The van der Waals surface area contributed by atoms with Gasteiger partial charge in [0, 0.05) is 24.3 Å². The zero-order valence-electron chi connectivity index (χ0n) is 14.2. The summed E-state index contributed by atoms with van der Waals surface area (Å²) in [5.41, 5.74) is 8.76. The van der Waals surface area contributed by atoms with Gasteiger partial charge in [0.25, 0.3) is 0 Å². The number of hydrogen-bond donors (Lipinski definition) is 2. The molecule has 0 radical (unpaired) electrons. The molecular weight excluding hydrogens is 326 g/mol. The Morgan fingerprint density at radius 2 is 1.90 bits per heavy atom. The van der Waals surface area contributed by atoms with Crippen molar-refractivity contribution in [2.24, 2.45) is 4.99 Å². The number of benzene rings is 1. The largest absolute Gasteiger partial charge is 0.397 e. The van der Waals surface area contributed by atoms with Crippen molar-refractivity contribution in [3.05, 3.63) is 34.3 Å². The highest BCUT2D eigenvalue weighted by atomic mass is 79.9. The van der Waals surface area contributed by atoms with Crippen LogP contribution in [0.25, 0.3) is 0 Å². The molecule has 0 aliphatic heterocycles. The minimum Gasteiger partial charge on any atom is -0.397 e. The van der Waals surface area contributed by atoms with Gasteiger partial charge in [-0.15, -0.1) is 0 Å². The smallest absolute Gasteiger partial charge is 0.0577 e. The van der Waals surface area contributed by atoms with Gasteiger partial charge in [-0.1, -0.05) is 56.6 Å². The molecule has 0 aromatic heterocycles. The fourth-order valence-corrected chi connectivity index (χ4v) is 1.87. The zero-order chi connectivity index (χ0) is 16.7. The van der Waals surface area contributed by atoms with Crippen molar-refractivity contribution >= 4 is 33.5 Å². The van der Waals surface area contributed by atoms with Crippen LogP contribution in [0.3, 0.4) is 0 Å². The van der Waals surface area contributed by atoms with E-state index in [0.29, 0.717) is 0 Å². The third-order valence-corrected chi connectivity index (χ3v) is 2.75. The Bertz CT molecular complexity index is 426. The number of allylic oxidation sites excluding steroid dienone is 1. The molecule has 0 heterocycles. The molecule has 0 unspecified atom stereocenters. The van der Waals surface area contributed by atoms with Crippen molar-refractivity contribution in [2.75, 3.05) is 24.6 Å². The first kappa shape index (κ1) is 22.0. The maximum absolute atomic E-state index is 5.91. The molecule has 1 aromatic rings. The molecule has 120 valence electrons. The lowest BCUT2D eigenvalue weighted by Crippen LogP contribution is -2.07. The molecule has 0 aliphatic carbocycles. The molecule has 0 aliphatic rings. The van der Waals surface area contributed by atoms with Gasteiger partial charge in [0.05, 0.1) is 11.4 Å². The average Bonchev–Trinajstić information content (AvgIpc) is 2.51. The standard InChI is InChI=1S/C13H18BrN3.2C2H6/c1-3-4-10(8-16-2)9-17-13-6-5-11(14)7-12(13)15;2*1-2/h4-8,17H,3,9,15H2,1-2H3;2*1-2H3/b10-4+,16-8?;;. The summed E-state index contributed by atoms with van der Waals surface area (Å²) >= 11 is 3.39. The lowest BCUT2D eigenvalue weighted by molar-refractivity contribution is 1.17. The van der Waals surface area contributed by atoms with Gasteiger partial charge in [-0.25, -0.2) is 0 Å². The highest BCUT2D eigenvalue weighted by Crippen LogP contribution is 2.22. The van der Waals surface area contributed by atoms with E-state index in [9.17, 15) is 0 Å². The maximum Gasteiger partial charge on any atom is 0.0577 e. The molecule has 0 atom stereocenters. The van der Waals surface area contributed by atoms with Gasteiger partial charge >= 0.3 is 0 Å². The van der Waals surface area contributed by atoms with E-state index in [1.807, 2.05) is 52.1 Å². The molecule has 0 saturated carbocycles. The number of nitrogen functional groups attached to an aromatic ring is 1. The SMILES string of the molecule is CC.CC.CC/C=C(\C=NC)CNc1ccc(Br)cc1N. The fraction of sp³-hybridized carbons (Fsp3) is 0.471. The van der Waals surface area contributed by atoms with Crippen LogP contribution in [0.1, 0.15) is 41.0 Å². The van der Waals surface area contributed by atoms with Crippen LogP contribution in [0.2, 0.25) is 0 Å². The molecule has 1 rings (SSSR count). The molecule has 0 saturated heterocycles. The number of halogens is 1. The highest BCUT2D eigenvalue weighted by Gasteiger charge is 2.00. The summed E-state index contributed by atoms with van der Waals surface area (Å²) in [4.78, 5) is 4.03. The molecule has 4 heteroatoms. The van der Waals surface area contributed by atoms with Crippen molar-refractivity contribution in [1.29, 1.82) is 0 Å². The molecule has 21 heavy (non-hydrogen) atoms. The number of rotatable bonds is 5. The summed E-state index contributed by atoms with van der Waals surface area (Å²) in [6.45, 7) is 10.8. The second-order valence-electron chi connectivity index (χ2n) is 3.66. The topological polar surface area (TPSA) is 50.4 Å². The second kappa shape index (κ2) is 15.1. The van der Waals surface area contributed by atoms with Gasteiger partial charge in [-0.3, -0.25) is 4.99 Å². The van der Waals surface area contributed by atoms with Crippen LogP contribution < -0.4 is 11.1 Å². The van der Waals surface area contributed by atoms with Crippen molar-refractivity contribution in [3.8, 4) is 0 Å². The van der Waals surface area contributed by atoms with Gasteiger partial charge < -0.3 is 11.1 Å². The maximum atomic E-state index is 5.91. The van der Waals surface area contributed by atoms with Crippen LogP contribution in [-0.4, -0.2) is 19.8 Å². The van der Waals surface area contributed by atoms with Crippen LogP contribution in [0, 0.1) is 0 Å². The highest BCUT2D eigenvalue weighted by molar-refractivity contribution is 9.10. The van der Waals surface area contributed by atoms with Crippen molar-refractivity contribution in [1.82, 2.24) is 0 Å². The van der Waals surface area contributed by atoms with E-state index in [1.165, 1.54) is 0 Å². The first-order valence-electron chi connectivity index (χ1n) is 7.57. The van der Waals surface area contributed by atoms with Crippen LogP contribution in [0.4, 0.5) is 11.4 Å². The van der Waals surface area contributed by atoms with Gasteiger partial charge in [0.15, 0.2) is 0 Å². The number of nitrogens with zero attached hydrogens (tertiary/aromatic N) is 1. The summed E-state index contributed by atoms with van der Waals surface area (Å²) in [6, 6.07) is 5.82. The van der Waals surface area contributed by atoms with Gasteiger partial charge in [-0.2, -0.15) is 0 Å². The number of aliphatic imine (C=N–C) groups is 1. The normalized spacial score (nSPS) is 10.3. The predicted octanol–water partition coefficient (Wildman–Crippen LogP) is 5.53. The van der Waals surface area contributed by atoms with E-state index in [4.69, 9.17) is 5.73 Å². The first-order valence-corrected chi connectivity index (χ1v) is 8.36. The van der Waals surface area contributed by atoms with E-state index in [1.54, 1.807) is 7.05 Å². The molecule has 0 bridgehead atoms. The zero-order valence-corrected chi connectivity index (χ0v) is 15.8. The fourth-order valence-electron chi connectivity index (χ4n) is 1.49. The average molecular weight is 356 g/mol. The monoisotopic (exact) mass is 355 g/mol. The van der Waals surface area contributed by atoms with Crippen LogP contribution in [0.5, 0.6) is 0 Å². The minimum absolute atomic E-state index is 0.733. The Labute approximate surface area is 138 Å². The number of anilines is 2. The summed E-state index contributed by atoms with van der Waals surface area (Å²) < 4.78 is 0.986. The lowest BCUT2D eigenvalue weighted by Gasteiger charge is -2.10. The Morgan fingerprint density at radius 3 is 2.38 bits per heavy atom. The quantitative estimate of drug-likeness (QED) is 0.538. The predicted molar refractivity (Wildman–Crippen MR) is 103 cm³/mol. The molecule has 3 N–H and O–H groups in total. The van der Waals surface area contributed by atoms with E-state index in [2.05, 4.69) is 39.2 Å². The Morgan fingerprint density at radius 1 is 1.29 bits per heavy atom. The molecule has 0 amide bonds. The van der Waals surface area contributed by atoms with Gasteiger partial charge in [0.2, 0.25) is 0 Å². The van der Waals surface area contributed by atoms with Crippen LogP contribution >= 0.6 is 15.9 Å². The van der Waals surface area contributed by atoms with E-state index in [-0.39, 0.29) is 0 Å². The Kier molecular flexibility index (Phi) is 15.8. The number of hydrogen-bond acceptors (Lipinski definition) is 3.